The minimum absolute atomic E-state index is 0.409. The molecule has 0 radical (unpaired) electrons. The Labute approximate surface area is 115 Å². The molecule has 0 aliphatic rings. The van der Waals surface area contributed by atoms with E-state index in [0.717, 1.165) is 19.6 Å². The Balaban J connectivity index is 4.18. The Morgan fingerprint density at radius 2 is 1.79 bits per heavy atom. The van der Waals surface area contributed by atoms with Gasteiger partial charge in [0.25, 0.3) is 0 Å². The summed E-state index contributed by atoms with van der Waals surface area (Å²) in [5, 5.41) is 14.4. The molecule has 112 valence electrons. The van der Waals surface area contributed by atoms with Gasteiger partial charge in [0.05, 0.1) is 0 Å². The molecule has 0 aromatic rings. The van der Waals surface area contributed by atoms with Crippen LogP contribution in [0, 0.1) is 0 Å². The summed E-state index contributed by atoms with van der Waals surface area (Å²) < 4.78 is 0. The number of aliphatic carboxylic acids is 1. The molecule has 0 aliphatic carbocycles. The first-order valence-corrected chi connectivity index (χ1v) is 6.91. The fraction of sp³-hybridized carbons (Fsp3) is 0.846. The minimum atomic E-state index is -1.20. The summed E-state index contributed by atoms with van der Waals surface area (Å²) in [5.41, 5.74) is -1.20. The third-order valence-corrected chi connectivity index (χ3v) is 3.22. The maximum atomic E-state index is 11.7. The first-order chi connectivity index (χ1) is 8.89. The van der Waals surface area contributed by atoms with Crippen molar-refractivity contribution in [2.45, 2.75) is 46.1 Å². The second-order valence-corrected chi connectivity index (χ2v) is 4.80. The molecule has 0 bridgehead atoms. The molecule has 0 heterocycles. The molecule has 0 spiro atoms. The third-order valence-electron chi connectivity index (χ3n) is 3.22. The van der Waals surface area contributed by atoms with Crippen molar-refractivity contribution in [3.63, 3.8) is 0 Å². The van der Waals surface area contributed by atoms with Crippen LogP contribution in [-0.2, 0) is 4.79 Å². The normalized spacial score (nSPS) is 13.9. The summed E-state index contributed by atoms with van der Waals surface area (Å²) in [5.74, 6) is -1.01. The van der Waals surface area contributed by atoms with Gasteiger partial charge in [-0.1, -0.05) is 27.2 Å². The number of rotatable bonds is 9. The molecule has 0 fully saturated rings. The van der Waals surface area contributed by atoms with Crippen molar-refractivity contribution in [3.8, 4) is 0 Å². The number of hydrogen-bond acceptors (Lipinski definition) is 3. The van der Waals surface area contributed by atoms with E-state index in [1.54, 1.807) is 0 Å². The minimum Gasteiger partial charge on any atom is -0.480 e. The molecule has 1 atom stereocenters. The van der Waals surface area contributed by atoms with Crippen LogP contribution in [0.3, 0.4) is 0 Å². The second kappa shape index (κ2) is 8.74. The number of carboxylic acid groups (broad SMARTS) is 1. The van der Waals surface area contributed by atoms with Gasteiger partial charge >= 0.3 is 12.0 Å². The van der Waals surface area contributed by atoms with Crippen molar-refractivity contribution in [1.82, 2.24) is 15.5 Å². The zero-order chi connectivity index (χ0) is 14.9. The molecule has 1 unspecified atom stereocenters. The number of amides is 2. The van der Waals surface area contributed by atoms with E-state index in [1.165, 1.54) is 6.92 Å². The first-order valence-electron chi connectivity index (χ1n) is 6.91. The lowest BCUT2D eigenvalue weighted by molar-refractivity contribution is -0.144. The highest BCUT2D eigenvalue weighted by Gasteiger charge is 2.33. The molecule has 0 saturated carbocycles. The van der Waals surface area contributed by atoms with Crippen LogP contribution in [0.15, 0.2) is 0 Å². The summed E-state index contributed by atoms with van der Waals surface area (Å²) in [6.07, 6.45) is 1.11. The maximum absolute atomic E-state index is 11.7. The predicted molar refractivity (Wildman–Crippen MR) is 75.3 cm³/mol. The second-order valence-electron chi connectivity index (χ2n) is 4.80. The molecule has 0 aromatic carbocycles. The van der Waals surface area contributed by atoms with Gasteiger partial charge in [0.1, 0.15) is 5.54 Å². The molecule has 3 N–H and O–H groups in total. The third kappa shape index (κ3) is 6.42. The van der Waals surface area contributed by atoms with Crippen molar-refractivity contribution < 1.29 is 14.7 Å². The largest absolute Gasteiger partial charge is 0.480 e. The van der Waals surface area contributed by atoms with Crippen LogP contribution in [0.2, 0.25) is 0 Å². The van der Waals surface area contributed by atoms with E-state index in [2.05, 4.69) is 29.4 Å². The average Bonchev–Trinajstić information content (AvgIpc) is 2.34. The number of hydrogen-bond donors (Lipinski definition) is 3. The molecule has 6 heteroatoms. The number of carboxylic acids is 1. The van der Waals surface area contributed by atoms with Gasteiger partial charge < -0.3 is 20.6 Å². The summed E-state index contributed by atoms with van der Waals surface area (Å²) in [4.78, 5) is 25.0. The zero-order valence-corrected chi connectivity index (χ0v) is 12.5. The number of nitrogens with zero attached hydrogens (tertiary/aromatic N) is 1. The average molecular weight is 273 g/mol. The molecule has 6 nitrogen and oxygen atoms in total. The Kier molecular flexibility index (Phi) is 8.14. The molecule has 19 heavy (non-hydrogen) atoms. The molecule has 0 aliphatic heterocycles. The molecule has 0 rings (SSSR count). The lowest BCUT2D eigenvalue weighted by Crippen LogP contribution is -2.55. The van der Waals surface area contributed by atoms with Crippen molar-refractivity contribution >= 4 is 12.0 Å². The number of nitrogens with one attached hydrogen (secondary N) is 2. The quantitative estimate of drug-likeness (QED) is 0.591. The van der Waals surface area contributed by atoms with E-state index in [9.17, 15) is 9.59 Å². The summed E-state index contributed by atoms with van der Waals surface area (Å²) >= 11 is 0. The SMILES string of the molecule is CCCC(C)(NC(=O)NCCN(CC)CC)C(=O)O. The van der Waals surface area contributed by atoms with Crippen molar-refractivity contribution in [2.75, 3.05) is 26.2 Å². The van der Waals surface area contributed by atoms with Crippen LogP contribution in [0.4, 0.5) is 4.79 Å². The van der Waals surface area contributed by atoms with Crippen LogP contribution >= 0.6 is 0 Å². The number of carbonyl (C=O) groups excluding carboxylic acids is 1. The van der Waals surface area contributed by atoms with Crippen LogP contribution < -0.4 is 10.6 Å². The fourth-order valence-corrected chi connectivity index (χ4v) is 1.89. The van der Waals surface area contributed by atoms with Crippen molar-refractivity contribution in [3.05, 3.63) is 0 Å². The fourth-order valence-electron chi connectivity index (χ4n) is 1.89. The topological polar surface area (TPSA) is 81.7 Å². The highest BCUT2D eigenvalue weighted by Crippen LogP contribution is 2.12. The van der Waals surface area contributed by atoms with Gasteiger partial charge in [-0.3, -0.25) is 0 Å². The van der Waals surface area contributed by atoms with Gasteiger partial charge in [-0.15, -0.1) is 0 Å². The Bertz CT molecular complexity index is 293. The van der Waals surface area contributed by atoms with Gasteiger partial charge in [0.15, 0.2) is 0 Å². The molecule has 2 amide bonds. The summed E-state index contributed by atoms with van der Waals surface area (Å²) in [7, 11) is 0. The van der Waals surface area contributed by atoms with Crippen LogP contribution in [0.25, 0.3) is 0 Å². The first kappa shape index (κ1) is 17.7. The van der Waals surface area contributed by atoms with Gasteiger partial charge in [-0.25, -0.2) is 9.59 Å². The lowest BCUT2D eigenvalue weighted by Gasteiger charge is -2.26. The highest BCUT2D eigenvalue weighted by molar-refractivity contribution is 5.85. The van der Waals surface area contributed by atoms with Crippen LogP contribution in [-0.4, -0.2) is 53.7 Å². The van der Waals surface area contributed by atoms with Gasteiger partial charge in [0.2, 0.25) is 0 Å². The number of urea groups is 1. The molecule has 0 saturated heterocycles. The van der Waals surface area contributed by atoms with Crippen molar-refractivity contribution in [2.24, 2.45) is 0 Å². The maximum Gasteiger partial charge on any atom is 0.329 e. The molecular weight excluding hydrogens is 246 g/mol. The Morgan fingerprint density at radius 1 is 1.21 bits per heavy atom. The predicted octanol–water partition coefficient (Wildman–Crippen LogP) is 1.27. The van der Waals surface area contributed by atoms with Crippen LogP contribution in [0.1, 0.15) is 40.5 Å². The molecular formula is C13H27N3O3. The zero-order valence-electron chi connectivity index (χ0n) is 12.5. The Hall–Kier alpha value is -1.30. The molecule has 0 aromatic heterocycles. The summed E-state index contributed by atoms with van der Waals surface area (Å²) in [6, 6.07) is -0.425. The van der Waals surface area contributed by atoms with Gasteiger partial charge in [0, 0.05) is 13.1 Å². The number of carbonyl (C=O) groups is 2. The van der Waals surface area contributed by atoms with Crippen LogP contribution in [0.5, 0.6) is 0 Å². The smallest absolute Gasteiger partial charge is 0.329 e. The van der Waals surface area contributed by atoms with E-state index in [4.69, 9.17) is 5.11 Å². The van der Waals surface area contributed by atoms with E-state index >= 15 is 0 Å². The van der Waals surface area contributed by atoms with E-state index in [1.807, 2.05) is 6.92 Å². The van der Waals surface area contributed by atoms with Crippen molar-refractivity contribution in [1.29, 1.82) is 0 Å². The van der Waals surface area contributed by atoms with E-state index in [0.29, 0.717) is 19.4 Å². The highest BCUT2D eigenvalue weighted by atomic mass is 16.4. The summed E-state index contributed by atoms with van der Waals surface area (Å²) in [6.45, 7) is 10.7. The standard InChI is InChI=1S/C13H27N3O3/c1-5-8-13(4,11(17)18)15-12(19)14-9-10-16(6-2)7-3/h5-10H2,1-4H3,(H,17,18)(H2,14,15,19). The lowest BCUT2D eigenvalue weighted by atomic mass is 9.97. The van der Waals surface area contributed by atoms with E-state index < -0.39 is 17.5 Å². The van der Waals surface area contributed by atoms with E-state index in [-0.39, 0.29) is 0 Å². The van der Waals surface area contributed by atoms with Gasteiger partial charge in [-0.05, 0) is 26.4 Å². The van der Waals surface area contributed by atoms with Gasteiger partial charge in [-0.2, -0.15) is 0 Å². The Morgan fingerprint density at radius 3 is 2.21 bits per heavy atom. The monoisotopic (exact) mass is 273 g/mol. The number of likely N-dealkylation sites (N-methyl/N-ethyl adjacent to an activating group) is 1.